The second-order valence-corrected chi connectivity index (χ2v) is 14.1. The first-order valence-corrected chi connectivity index (χ1v) is 15.7. The van der Waals surface area contributed by atoms with Crippen LogP contribution in [0.4, 0.5) is 0 Å². The average molecular weight is 503 g/mol. The highest BCUT2D eigenvalue weighted by molar-refractivity contribution is 5.25. The number of fused-ring (bicyclic) bond motifs is 5. The Hall–Kier alpha value is -0.380. The van der Waals surface area contributed by atoms with Gasteiger partial charge in [0.25, 0.3) is 0 Å². The van der Waals surface area contributed by atoms with Crippen LogP contribution in [0, 0.1) is 52.3 Å². The van der Waals surface area contributed by atoms with Crippen molar-refractivity contribution in [3.63, 3.8) is 0 Å². The minimum atomic E-state index is -0.350. The van der Waals surface area contributed by atoms with Crippen molar-refractivity contribution in [1.82, 2.24) is 0 Å². The Morgan fingerprint density at radius 1 is 0.972 bits per heavy atom. The van der Waals surface area contributed by atoms with Gasteiger partial charge in [-0.15, -0.1) is 0 Å². The molecule has 9 atom stereocenters. The summed E-state index contributed by atoms with van der Waals surface area (Å²) in [6, 6.07) is 0. The first kappa shape index (κ1) is 28.6. The third-order valence-electron chi connectivity index (χ3n) is 11.8. The molecule has 3 saturated carbocycles. The molecule has 0 aromatic heterocycles. The molecule has 1 unspecified atom stereocenters. The fourth-order valence-corrected chi connectivity index (χ4v) is 9.64. The fraction of sp³-hybridized carbons (Fsp3) is 0.939. The summed E-state index contributed by atoms with van der Waals surface area (Å²) in [7, 11) is 0. The quantitative estimate of drug-likeness (QED) is 0.217. The van der Waals surface area contributed by atoms with Gasteiger partial charge in [0.2, 0.25) is 0 Å². The summed E-state index contributed by atoms with van der Waals surface area (Å²) in [6.07, 6.45) is 17.1. The smallest absolute Gasteiger partial charge is 0.0804 e. The van der Waals surface area contributed by atoms with E-state index in [2.05, 4.69) is 40.7 Å². The molecule has 0 amide bonds. The van der Waals surface area contributed by atoms with Crippen LogP contribution in [-0.2, 0) is 9.47 Å². The van der Waals surface area contributed by atoms with Gasteiger partial charge < -0.3 is 14.6 Å². The molecule has 0 spiro atoms. The highest BCUT2D eigenvalue weighted by Gasteiger charge is 2.59. The van der Waals surface area contributed by atoms with Gasteiger partial charge in [0.15, 0.2) is 0 Å². The summed E-state index contributed by atoms with van der Waals surface area (Å²) < 4.78 is 11.1. The van der Waals surface area contributed by atoms with Crippen molar-refractivity contribution in [1.29, 1.82) is 0 Å². The summed E-state index contributed by atoms with van der Waals surface area (Å²) >= 11 is 0. The van der Waals surface area contributed by atoms with E-state index >= 15 is 0 Å². The zero-order chi connectivity index (χ0) is 25.9. The van der Waals surface area contributed by atoms with Gasteiger partial charge in [0.1, 0.15) is 0 Å². The number of ether oxygens (including phenoxy) is 2. The number of rotatable bonds is 12. The standard InChI is InChI=1S/C33H58O3/c1-7-35-19-20-36-22-31(34)25-15-17-32(5)26(21-25)11-12-27-29-14-13-28(24(4)10-8-9-23(2)3)33(29,6)18-16-30(27)32/h11,23-25,27-31,34H,7-10,12-22H2,1-6H3/t24-,25+,27+,28-,29+,30+,31?,32+,33-/m1/s1. The Labute approximate surface area is 223 Å². The lowest BCUT2D eigenvalue weighted by Gasteiger charge is -2.59. The molecule has 0 aliphatic heterocycles. The van der Waals surface area contributed by atoms with E-state index in [0.717, 1.165) is 55.0 Å². The van der Waals surface area contributed by atoms with E-state index in [1.807, 2.05) is 6.92 Å². The van der Waals surface area contributed by atoms with Crippen LogP contribution in [0.3, 0.4) is 0 Å². The molecule has 1 N–H and O–H groups in total. The first-order chi connectivity index (χ1) is 17.2. The van der Waals surface area contributed by atoms with Gasteiger partial charge in [-0.25, -0.2) is 0 Å². The second kappa shape index (κ2) is 12.2. The van der Waals surface area contributed by atoms with Crippen LogP contribution < -0.4 is 0 Å². The summed E-state index contributed by atoms with van der Waals surface area (Å²) in [6.45, 7) is 17.0. The molecule has 4 aliphatic rings. The lowest BCUT2D eigenvalue weighted by molar-refractivity contribution is -0.0636. The molecule has 0 aromatic carbocycles. The maximum atomic E-state index is 10.9. The van der Waals surface area contributed by atoms with E-state index in [0.29, 0.717) is 36.6 Å². The predicted molar refractivity (Wildman–Crippen MR) is 150 cm³/mol. The Morgan fingerprint density at radius 3 is 2.50 bits per heavy atom. The van der Waals surface area contributed by atoms with Gasteiger partial charge in [-0.3, -0.25) is 0 Å². The monoisotopic (exact) mass is 502 g/mol. The van der Waals surface area contributed by atoms with Crippen LogP contribution in [0.2, 0.25) is 0 Å². The maximum absolute atomic E-state index is 10.9. The lowest BCUT2D eigenvalue weighted by Crippen LogP contribution is -2.51. The van der Waals surface area contributed by atoms with Crippen LogP contribution in [0.25, 0.3) is 0 Å². The van der Waals surface area contributed by atoms with E-state index in [1.54, 1.807) is 5.57 Å². The Bertz CT molecular complexity index is 730. The van der Waals surface area contributed by atoms with E-state index in [9.17, 15) is 5.11 Å². The van der Waals surface area contributed by atoms with Gasteiger partial charge in [0, 0.05) is 6.61 Å². The third kappa shape index (κ3) is 5.79. The van der Waals surface area contributed by atoms with Crippen LogP contribution in [0.1, 0.15) is 112 Å². The molecule has 4 aliphatic carbocycles. The topological polar surface area (TPSA) is 38.7 Å². The predicted octanol–water partition coefficient (Wildman–Crippen LogP) is 8.06. The third-order valence-corrected chi connectivity index (χ3v) is 11.8. The summed E-state index contributed by atoms with van der Waals surface area (Å²) in [4.78, 5) is 0. The van der Waals surface area contributed by atoms with Crippen molar-refractivity contribution in [2.24, 2.45) is 52.3 Å². The summed E-state index contributed by atoms with van der Waals surface area (Å²) in [5.41, 5.74) is 2.59. The number of aliphatic hydroxyl groups is 1. The SMILES string of the molecule is CCOCCOCC(O)[C@H]1CC[C@@]2(C)C(=CC[C@H]3[C@@H]4CC[C@H]([C@H](C)CCCC(C)C)[C@@]4(C)CC[C@@H]32)C1. The molecule has 0 radical (unpaired) electrons. The number of hydrogen-bond donors (Lipinski definition) is 1. The highest BCUT2D eigenvalue weighted by Crippen LogP contribution is 2.67. The van der Waals surface area contributed by atoms with Gasteiger partial charge >= 0.3 is 0 Å². The summed E-state index contributed by atoms with van der Waals surface area (Å²) in [5, 5.41) is 10.9. The van der Waals surface area contributed by atoms with E-state index in [-0.39, 0.29) is 6.10 Å². The Balaban J connectivity index is 1.37. The normalized spacial score (nSPS) is 39.8. The lowest BCUT2D eigenvalue weighted by atomic mass is 9.46. The van der Waals surface area contributed by atoms with Crippen molar-refractivity contribution in [2.45, 2.75) is 118 Å². The maximum Gasteiger partial charge on any atom is 0.0804 e. The van der Waals surface area contributed by atoms with Gasteiger partial charge in [-0.1, -0.05) is 65.5 Å². The molecule has 208 valence electrons. The van der Waals surface area contributed by atoms with Crippen LogP contribution in [-0.4, -0.2) is 37.6 Å². The van der Waals surface area contributed by atoms with Crippen molar-refractivity contribution in [3.8, 4) is 0 Å². The molecule has 0 saturated heterocycles. The Morgan fingerprint density at radius 2 is 1.75 bits per heavy atom. The summed E-state index contributed by atoms with van der Waals surface area (Å²) in [5.74, 6) is 5.66. The van der Waals surface area contributed by atoms with E-state index < -0.39 is 0 Å². The van der Waals surface area contributed by atoms with Crippen LogP contribution >= 0.6 is 0 Å². The molecule has 3 heteroatoms. The zero-order valence-corrected chi connectivity index (χ0v) is 24.6. The molecule has 3 fully saturated rings. The fourth-order valence-electron chi connectivity index (χ4n) is 9.64. The van der Waals surface area contributed by atoms with Crippen LogP contribution in [0.5, 0.6) is 0 Å². The van der Waals surface area contributed by atoms with Gasteiger partial charge in [-0.2, -0.15) is 0 Å². The van der Waals surface area contributed by atoms with E-state index in [1.165, 1.54) is 57.8 Å². The van der Waals surface area contributed by atoms with E-state index in [4.69, 9.17) is 9.47 Å². The number of aliphatic hydroxyl groups excluding tert-OH is 1. The molecule has 3 nitrogen and oxygen atoms in total. The largest absolute Gasteiger partial charge is 0.390 e. The molecular weight excluding hydrogens is 444 g/mol. The minimum absolute atomic E-state index is 0.350. The van der Waals surface area contributed by atoms with Crippen molar-refractivity contribution in [2.75, 3.05) is 26.4 Å². The second-order valence-electron chi connectivity index (χ2n) is 14.1. The van der Waals surface area contributed by atoms with Crippen molar-refractivity contribution >= 4 is 0 Å². The van der Waals surface area contributed by atoms with Gasteiger partial charge in [0.05, 0.1) is 25.9 Å². The van der Waals surface area contributed by atoms with Crippen molar-refractivity contribution in [3.05, 3.63) is 11.6 Å². The number of allylic oxidation sites excluding steroid dienone is 2. The molecule has 0 bridgehead atoms. The minimum Gasteiger partial charge on any atom is -0.390 e. The molecule has 36 heavy (non-hydrogen) atoms. The molecule has 4 rings (SSSR count). The molecular formula is C33H58O3. The first-order valence-electron chi connectivity index (χ1n) is 15.7. The highest BCUT2D eigenvalue weighted by atomic mass is 16.5. The number of hydrogen-bond acceptors (Lipinski definition) is 3. The zero-order valence-electron chi connectivity index (χ0n) is 24.6. The van der Waals surface area contributed by atoms with Crippen LogP contribution in [0.15, 0.2) is 11.6 Å². The molecule has 0 heterocycles. The molecule has 0 aromatic rings. The van der Waals surface area contributed by atoms with Crippen molar-refractivity contribution < 1.29 is 14.6 Å². The Kier molecular flexibility index (Phi) is 9.71. The van der Waals surface area contributed by atoms with Gasteiger partial charge in [-0.05, 0) is 111 Å². The average Bonchev–Trinajstić information content (AvgIpc) is 3.20.